The van der Waals surface area contributed by atoms with Crippen LogP contribution in [-0.2, 0) is 0 Å². The van der Waals surface area contributed by atoms with E-state index < -0.39 is 0 Å². The standard InChI is InChI=1S/C16H24O.C16H22O/c2*1-8-9(2)13(6)16-15(11(8)4)12(5)10(3)14(7)17-16/h10,12,14H,1-7H3;14H,1-7H3. The van der Waals surface area contributed by atoms with Gasteiger partial charge in [-0.15, -0.1) is 0 Å². The highest BCUT2D eigenvalue weighted by Crippen LogP contribution is 2.46. The number of benzene rings is 2. The zero-order chi connectivity index (χ0) is 25.8. The zero-order valence-corrected chi connectivity index (χ0v) is 24.1. The largest absolute Gasteiger partial charge is 0.490 e. The summed E-state index contributed by atoms with van der Waals surface area (Å²) >= 11 is 0. The van der Waals surface area contributed by atoms with Gasteiger partial charge in [-0.3, -0.25) is 0 Å². The van der Waals surface area contributed by atoms with Crippen molar-refractivity contribution in [2.75, 3.05) is 0 Å². The van der Waals surface area contributed by atoms with Crippen molar-refractivity contribution in [1.82, 2.24) is 0 Å². The van der Waals surface area contributed by atoms with Crippen LogP contribution in [0, 0.1) is 61.3 Å². The highest BCUT2D eigenvalue weighted by atomic mass is 16.5. The summed E-state index contributed by atoms with van der Waals surface area (Å²) in [4.78, 5) is 0. The van der Waals surface area contributed by atoms with Crippen molar-refractivity contribution in [1.29, 1.82) is 0 Å². The summed E-state index contributed by atoms with van der Waals surface area (Å²) in [6, 6.07) is 0. The highest BCUT2D eigenvalue weighted by Gasteiger charge is 2.33. The molecule has 0 amide bonds. The highest BCUT2D eigenvalue weighted by molar-refractivity contribution is 5.79. The summed E-state index contributed by atoms with van der Waals surface area (Å²) in [5, 5.41) is 0. The van der Waals surface area contributed by atoms with Crippen molar-refractivity contribution in [2.24, 2.45) is 5.92 Å². The Morgan fingerprint density at radius 1 is 0.500 bits per heavy atom. The van der Waals surface area contributed by atoms with Crippen LogP contribution in [0.25, 0.3) is 5.57 Å². The second-order valence-corrected chi connectivity index (χ2v) is 11.0. The third-order valence-electron chi connectivity index (χ3n) is 9.47. The Morgan fingerprint density at radius 3 is 1.53 bits per heavy atom. The molecule has 4 atom stereocenters. The third-order valence-corrected chi connectivity index (χ3v) is 9.47. The van der Waals surface area contributed by atoms with Crippen LogP contribution >= 0.6 is 0 Å². The number of hydrogen-bond acceptors (Lipinski definition) is 2. The van der Waals surface area contributed by atoms with Crippen LogP contribution in [0.2, 0.25) is 0 Å². The third kappa shape index (κ3) is 4.08. The molecule has 0 spiro atoms. The first-order valence-electron chi connectivity index (χ1n) is 12.9. The second kappa shape index (κ2) is 9.44. The van der Waals surface area contributed by atoms with Crippen molar-refractivity contribution in [2.45, 2.75) is 115 Å². The van der Waals surface area contributed by atoms with Gasteiger partial charge in [0.25, 0.3) is 0 Å². The van der Waals surface area contributed by atoms with E-state index in [0.29, 0.717) is 17.9 Å². The van der Waals surface area contributed by atoms with Gasteiger partial charge in [-0.2, -0.15) is 0 Å². The number of hydrogen-bond donors (Lipinski definition) is 0. The number of ether oxygens (including phenoxy) is 2. The molecule has 2 heteroatoms. The van der Waals surface area contributed by atoms with Crippen LogP contribution in [0.3, 0.4) is 0 Å². The minimum absolute atomic E-state index is 0.197. The zero-order valence-electron chi connectivity index (χ0n) is 24.1. The molecule has 0 bridgehead atoms. The van der Waals surface area contributed by atoms with Crippen molar-refractivity contribution in [3.63, 3.8) is 0 Å². The van der Waals surface area contributed by atoms with Crippen LogP contribution in [0.5, 0.6) is 11.5 Å². The quantitative estimate of drug-likeness (QED) is 0.389. The van der Waals surface area contributed by atoms with Crippen molar-refractivity contribution in [3.05, 3.63) is 61.2 Å². The van der Waals surface area contributed by atoms with E-state index >= 15 is 0 Å². The van der Waals surface area contributed by atoms with E-state index in [-0.39, 0.29) is 6.10 Å². The lowest BCUT2D eigenvalue weighted by molar-refractivity contribution is 0.120. The molecule has 0 aromatic heterocycles. The van der Waals surface area contributed by atoms with Crippen molar-refractivity contribution in [3.8, 4) is 11.5 Å². The van der Waals surface area contributed by atoms with E-state index in [0.717, 1.165) is 11.5 Å². The molecule has 0 saturated carbocycles. The maximum atomic E-state index is 6.16. The fourth-order valence-electron chi connectivity index (χ4n) is 5.61. The van der Waals surface area contributed by atoms with E-state index in [1.807, 2.05) is 0 Å². The summed E-state index contributed by atoms with van der Waals surface area (Å²) in [7, 11) is 0. The summed E-state index contributed by atoms with van der Waals surface area (Å²) in [5.41, 5.74) is 16.5. The fourth-order valence-corrected chi connectivity index (χ4v) is 5.61. The molecule has 0 radical (unpaired) electrons. The van der Waals surface area contributed by atoms with Gasteiger partial charge in [-0.25, -0.2) is 0 Å². The predicted molar refractivity (Wildman–Crippen MR) is 147 cm³/mol. The minimum atomic E-state index is 0.197. The predicted octanol–water partition coefficient (Wildman–Crippen LogP) is 8.94. The van der Waals surface area contributed by atoms with Gasteiger partial charge in [-0.05, 0) is 151 Å². The van der Waals surface area contributed by atoms with Gasteiger partial charge in [0.2, 0.25) is 0 Å². The van der Waals surface area contributed by atoms with Gasteiger partial charge in [0, 0.05) is 11.1 Å². The molecule has 2 heterocycles. The lowest BCUT2D eigenvalue weighted by atomic mass is 9.78. The topological polar surface area (TPSA) is 18.5 Å². The second-order valence-electron chi connectivity index (χ2n) is 11.0. The lowest BCUT2D eigenvalue weighted by Gasteiger charge is -2.37. The Kier molecular flexibility index (Phi) is 7.32. The van der Waals surface area contributed by atoms with Crippen LogP contribution in [0.1, 0.15) is 103 Å². The molecule has 0 fully saturated rings. The Bertz CT molecular complexity index is 1170. The molecule has 0 saturated heterocycles. The van der Waals surface area contributed by atoms with Crippen molar-refractivity contribution < 1.29 is 9.47 Å². The summed E-state index contributed by atoms with van der Waals surface area (Å²) in [6.45, 7) is 31.0. The van der Waals surface area contributed by atoms with Crippen LogP contribution in [0.15, 0.2) is 5.57 Å². The van der Waals surface area contributed by atoms with Crippen LogP contribution in [-0.4, -0.2) is 12.2 Å². The first-order valence-corrected chi connectivity index (χ1v) is 12.9. The molecule has 0 N–H and O–H groups in total. The lowest BCUT2D eigenvalue weighted by Crippen LogP contribution is -2.32. The Balaban J connectivity index is 0.000000191. The van der Waals surface area contributed by atoms with Gasteiger partial charge in [-0.1, -0.05) is 13.8 Å². The van der Waals surface area contributed by atoms with Gasteiger partial charge < -0.3 is 9.47 Å². The maximum Gasteiger partial charge on any atom is 0.131 e. The van der Waals surface area contributed by atoms with Crippen LogP contribution in [0.4, 0.5) is 0 Å². The van der Waals surface area contributed by atoms with E-state index in [2.05, 4.69) is 96.9 Å². The van der Waals surface area contributed by atoms with Crippen molar-refractivity contribution >= 4 is 5.57 Å². The average Bonchev–Trinajstić information content (AvgIpc) is 2.80. The van der Waals surface area contributed by atoms with Gasteiger partial charge >= 0.3 is 0 Å². The maximum absolute atomic E-state index is 6.16. The average molecular weight is 463 g/mol. The fraction of sp³-hybridized carbons (Fsp3) is 0.562. The Hall–Kier alpha value is -2.22. The SMILES string of the molecule is CC1=C(C)C(C)Oc2c(C)c(C)c(C)c(C)c21.Cc1c(C)c(C)c2c(c1C)OC(C)C(C)C2C. The number of fused-ring (bicyclic) bond motifs is 2. The molecule has 0 aliphatic carbocycles. The van der Waals surface area contributed by atoms with E-state index in [1.54, 1.807) is 0 Å². The summed E-state index contributed by atoms with van der Waals surface area (Å²) < 4.78 is 12.3. The summed E-state index contributed by atoms with van der Waals surface area (Å²) in [5.74, 6) is 3.43. The first-order chi connectivity index (χ1) is 15.7. The van der Waals surface area contributed by atoms with E-state index in [1.165, 1.54) is 66.8 Å². The Morgan fingerprint density at radius 2 is 0.971 bits per heavy atom. The van der Waals surface area contributed by atoms with Gasteiger partial charge in [0.05, 0.1) is 6.10 Å². The minimum Gasteiger partial charge on any atom is -0.490 e. The molecule has 2 aliphatic heterocycles. The van der Waals surface area contributed by atoms with Gasteiger partial charge in [0.15, 0.2) is 0 Å². The van der Waals surface area contributed by atoms with Crippen LogP contribution < -0.4 is 9.47 Å². The molecule has 4 rings (SSSR count). The van der Waals surface area contributed by atoms with Gasteiger partial charge in [0.1, 0.15) is 17.6 Å². The number of rotatable bonds is 0. The molecule has 34 heavy (non-hydrogen) atoms. The van der Waals surface area contributed by atoms with E-state index in [4.69, 9.17) is 9.47 Å². The first kappa shape index (κ1) is 26.4. The molecular formula is C32H46O2. The summed E-state index contributed by atoms with van der Waals surface area (Å²) in [6.07, 6.45) is 0.514. The Labute approximate surface area is 208 Å². The molecule has 2 aromatic rings. The molecule has 2 aromatic carbocycles. The molecule has 2 nitrogen and oxygen atoms in total. The molecule has 2 aliphatic rings. The molecule has 186 valence electrons. The van der Waals surface area contributed by atoms with E-state index in [9.17, 15) is 0 Å². The number of allylic oxidation sites excluding steroid dienone is 1. The molecule has 4 unspecified atom stereocenters. The smallest absolute Gasteiger partial charge is 0.131 e. The monoisotopic (exact) mass is 462 g/mol. The normalized spacial score (nSPS) is 23.4. The molecular weight excluding hydrogens is 416 g/mol.